The Labute approximate surface area is 121 Å². The fraction of sp³-hybridized carbons (Fsp3) is 0.538. The predicted molar refractivity (Wildman–Crippen MR) is 71.2 cm³/mol. The summed E-state index contributed by atoms with van der Waals surface area (Å²) in [5, 5.41) is -1.56. The standard InChI is InChI=1S/C13H15F2NO4S/c1-16(21(17,18)12-7-13(12,14)15)5-4-9-2-3-10-11(6-9)20-8-19-10/h2-3,6,12H,4-5,7-8H2,1H3. The lowest BCUT2D eigenvalue weighted by Crippen LogP contribution is -2.33. The van der Waals surface area contributed by atoms with Gasteiger partial charge < -0.3 is 9.47 Å². The van der Waals surface area contributed by atoms with Crippen molar-refractivity contribution in [3.8, 4) is 11.5 Å². The largest absolute Gasteiger partial charge is 0.454 e. The molecule has 2 aliphatic rings. The molecular weight excluding hydrogens is 304 g/mol. The molecule has 1 aromatic carbocycles. The molecule has 1 heterocycles. The zero-order chi connectivity index (χ0) is 15.3. The third-order valence-corrected chi connectivity index (χ3v) is 6.00. The number of rotatable bonds is 5. The number of benzene rings is 1. The summed E-state index contributed by atoms with van der Waals surface area (Å²) in [6.45, 7) is 0.318. The molecule has 0 aromatic heterocycles. The first-order chi connectivity index (χ1) is 9.80. The van der Waals surface area contributed by atoms with Crippen LogP contribution in [0.2, 0.25) is 0 Å². The number of likely N-dealkylation sites (N-methyl/N-ethyl adjacent to an activating group) is 1. The average molecular weight is 319 g/mol. The Kier molecular flexibility index (Phi) is 3.32. The Balaban J connectivity index is 1.62. The third kappa shape index (κ3) is 2.69. The summed E-state index contributed by atoms with van der Waals surface area (Å²) in [6, 6.07) is 5.33. The van der Waals surface area contributed by atoms with Crippen LogP contribution in [-0.4, -0.2) is 44.3 Å². The maximum absolute atomic E-state index is 12.9. The maximum Gasteiger partial charge on any atom is 0.267 e. The molecule has 1 fully saturated rings. The van der Waals surface area contributed by atoms with Gasteiger partial charge in [-0.1, -0.05) is 6.07 Å². The monoisotopic (exact) mass is 319 g/mol. The molecule has 0 spiro atoms. The summed E-state index contributed by atoms with van der Waals surface area (Å²) in [7, 11) is -2.60. The summed E-state index contributed by atoms with van der Waals surface area (Å²) in [5.74, 6) is -1.81. The van der Waals surface area contributed by atoms with Gasteiger partial charge in [-0.05, 0) is 24.1 Å². The second-order valence-electron chi connectivity index (χ2n) is 5.26. The van der Waals surface area contributed by atoms with Crippen molar-refractivity contribution in [1.29, 1.82) is 0 Å². The Bertz CT molecular complexity index is 662. The van der Waals surface area contributed by atoms with Crippen molar-refractivity contribution < 1.29 is 26.7 Å². The molecule has 0 radical (unpaired) electrons. The number of nitrogens with zero attached hydrogens (tertiary/aromatic N) is 1. The first-order valence-corrected chi connectivity index (χ1v) is 8.02. The molecule has 1 aliphatic carbocycles. The van der Waals surface area contributed by atoms with Gasteiger partial charge in [-0.15, -0.1) is 0 Å². The number of hydrogen-bond acceptors (Lipinski definition) is 4. The van der Waals surface area contributed by atoms with Crippen molar-refractivity contribution >= 4 is 10.0 Å². The van der Waals surface area contributed by atoms with E-state index in [0.29, 0.717) is 17.9 Å². The Morgan fingerprint density at radius 1 is 1.33 bits per heavy atom. The lowest BCUT2D eigenvalue weighted by atomic mass is 10.1. The molecule has 1 aliphatic heterocycles. The number of ether oxygens (including phenoxy) is 2. The molecule has 0 bridgehead atoms. The summed E-state index contributed by atoms with van der Waals surface area (Å²) in [4.78, 5) is 0. The van der Waals surface area contributed by atoms with Crippen LogP contribution in [0.1, 0.15) is 12.0 Å². The summed E-state index contributed by atoms with van der Waals surface area (Å²) in [5.41, 5.74) is 0.865. The second kappa shape index (κ2) is 4.81. The molecule has 1 atom stereocenters. The Morgan fingerprint density at radius 3 is 2.67 bits per heavy atom. The summed E-state index contributed by atoms with van der Waals surface area (Å²) in [6.07, 6.45) is -0.158. The molecule has 0 N–H and O–H groups in total. The van der Waals surface area contributed by atoms with Crippen LogP contribution >= 0.6 is 0 Å². The second-order valence-corrected chi connectivity index (χ2v) is 7.48. The van der Waals surface area contributed by atoms with Gasteiger partial charge in [0.15, 0.2) is 11.5 Å². The van der Waals surface area contributed by atoms with Gasteiger partial charge in [0.25, 0.3) is 5.92 Å². The highest BCUT2D eigenvalue weighted by Crippen LogP contribution is 2.47. The van der Waals surface area contributed by atoms with Crippen LogP contribution in [0, 0.1) is 0 Å². The Morgan fingerprint density at radius 2 is 2.00 bits per heavy atom. The first kappa shape index (κ1) is 14.5. The fourth-order valence-corrected chi connectivity index (χ4v) is 3.89. The van der Waals surface area contributed by atoms with E-state index in [-0.39, 0.29) is 13.3 Å². The van der Waals surface area contributed by atoms with Crippen LogP contribution in [-0.2, 0) is 16.4 Å². The minimum absolute atomic E-state index is 0.147. The fourth-order valence-electron chi connectivity index (χ4n) is 2.24. The summed E-state index contributed by atoms with van der Waals surface area (Å²) < 4.78 is 61.1. The average Bonchev–Trinajstić information content (AvgIpc) is 2.87. The highest BCUT2D eigenvalue weighted by atomic mass is 32.2. The van der Waals surface area contributed by atoms with E-state index in [1.807, 2.05) is 0 Å². The first-order valence-electron chi connectivity index (χ1n) is 6.52. The van der Waals surface area contributed by atoms with E-state index < -0.39 is 27.6 Å². The lowest BCUT2D eigenvalue weighted by molar-refractivity contribution is 0.120. The minimum Gasteiger partial charge on any atom is -0.454 e. The van der Waals surface area contributed by atoms with E-state index in [1.54, 1.807) is 18.2 Å². The van der Waals surface area contributed by atoms with Crippen LogP contribution in [0.25, 0.3) is 0 Å². The van der Waals surface area contributed by atoms with Crippen molar-refractivity contribution in [2.75, 3.05) is 20.4 Å². The van der Waals surface area contributed by atoms with Crippen LogP contribution in [0.3, 0.4) is 0 Å². The highest BCUT2D eigenvalue weighted by Gasteiger charge is 2.65. The molecule has 1 saturated carbocycles. The van der Waals surface area contributed by atoms with Crippen molar-refractivity contribution in [2.45, 2.75) is 24.0 Å². The zero-order valence-corrected chi connectivity index (χ0v) is 12.2. The number of fused-ring (bicyclic) bond motifs is 1. The van der Waals surface area contributed by atoms with Gasteiger partial charge in [0.2, 0.25) is 16.8 Å². The van der Waals surface area contributed by atoms with Gasteiger partial charge in [0.05, 0.1) is 0 Å². The SMILES string of the molecule is CN(CCc1ccc2c(c1)OCO2)S(=O)(=O)C1CC1(F)F. The normalized spacial score (nSPS) is 22.6. The molecule has 0 saturated heterocycles. The third-order valence-electron chi connectivity index (χ3n) is 3.71. The molecule has 1 unspecified atom stereocenters. The smallest absolute Gasteiger partial charge is 0.267 e. The predicted octanol–water partition coefficient (Wildman–Crippen LogP) is 1.63. The number of halogens is 2. The van der Waals surface area contributed by atoms with Crippen LogP contribution in [0.4, 0.5) is 8.78 Å². The van der Waals surface area contributed by atoms with Crippen molar-refractivity contribution in [3.05, 3.63) is 23.8 Å². The highest BCUT2D eigenvalue weighted by molar-refractivity contribution is 7.90. The van der Waals surface area contributed by atoms with Gasteiger partial charge in [-0.25, -0.2) is 21.5 Å². The number of hydrogen-bond donors (Lipinski definition) is 0. The molecule has 5 nitrogen and oxygen atoms in total. The quantitative estimate of drug-likeness (QED) is 0.828. The van der Waals surface area contributed by atoms with Crippen LogP contribution < -0.4 is 9.47 Å². The molecular formula is C13H15F2NO4S. The van der Waals surface area contributed by atoms with Crippen LogP contribution in [0.15, 0.2) is 18.2 Å². The van der Waals surface area contributed by atoms with E-state index in [9.17, 15) is 17.2 Å². The van der Waals surface area contributed by atoms with E-state index in [1.165, 1.54) is 7.05 Å². The van der Waals surface area contributed by atoms with Gasteiger partial charge in [0.1, 0.15) is 5.25 Å². The topological polar surface area (TPSA) is 55.8 Å². The van der Waals surface area contributed by atoms with E-state index in [2.05, 4.69) is 0 Å². The molecule has 116 valence electrons. The van der Waals surface area contributed by atoms with Gasteiger partial charge in [-0.3, -0.25) is 0 Å². The van der Waals surface area contributed by atoms with Crippen molar-refractivity contribution in [2.24, 2.45) is 0 Å². The van der Waals surface area contributed by atoms with Gasteiger partial charge in [0, 0.05) is 20.0 Å². The molecule has 8 heteroatoms. The van der Waals surface area contributed by atoms with E-state index >= 15 is 0 Å². The van der Waals surface area contributed by atoms with Gasteiger partial charge >= 0.3 is 0 Å². The zero-order valence-electron chi connectivity index (χ0n) is 11.4. The Hall–Kier alpha value is -1.41. The number of sulfonamides is 1. The van der Waals surface area contributed by atoms with Crippen molar-refractivity contribution in [3.63, 3.8) is 0 Å². The van der Waals surface area contributed by atoms with Gasteiger partial charge in [-0.2, -0.15) is 0 Å². The molecule has 21 heavy (non-hydrogen) atoms. The number of alkyl halides is 2. The lowest BCUT2D eigenvalue weighted by Gasteiger charge is -2.17. The summed E-state index contributed by atoms with van der Waals surface area (Å²) >= 11 is 0. The maximum atomic E-state index is 12.9. The minimum atomic E-state index is -3.93. The van der Waals surface area contributed by atoms with E-state index in [4.69, 9.17) is 9.47 Å². The van der Waals surface area contributed by atoms with Crippen LogP contribution in [0.5, 0.6) is 11.5 Å². The molecule has 3 rings (SSSR count). The van der Waals surface area contributed by atoms with E-state index in [0.717, 1.165) is 9.87 Å². The van der Waals surface area contributed by atoms with Crippen molar-refractivity contribution in [1.82, 2.24) is 4.31 Å². The molecule has 1 aromatic rings. The molecule has 0 amide bonds.